The number of aryl methyl sites for hydroxylation is 1. The molecule has 1 heterocycles. The summed E-state index contributed by atoms with van der Waals surface area (Å²) in [5.41, 5.74) is -1.13. The van der Waals surface area contributed by atoms with Crippen molar-refractivity contribution in [2.45, 2.75) is 36.7 Å². The van der Waals surface area contributed by atoms with Crippen LogP contribution in [0.2, 0.25) is 0 Å². The Bertz CT molecular complexity index is 1380. The fourth-order valence-corrected chi connectivity index (χ4v) is 4.82. The summed E-state index contributed by atoms with van der Waals surface area (Å²) in [6.07, 6.45) is 1.51. The zero-order valence-corrected chi connectivity index (χ0v) is 17.4. The minimum Gasteiger partial charge on any atom is -0.296 e. The molecule has 3 aromatic rings. The number of sulfonamides is 1. The molecule has 4 rings (SSSR count). The molecule has 2 aromatic carbocycles. The first kappa shape index (κ1) is 20.2. The Morgan fingerprint density at radius 2 is 1.77 bits per heavy atom. The second kappa shape index (κ2) is 7.03. The summed E-state index contributed by atoms with van der Waals surface area (Å²) in [5.74, 6) is -0.388. The molecule has 1 aromatic heterocycles. The van der Waals surface area contributed by atoms with Crippen molar-refractivity contribution in [3.63, 3.8) is 0 Å². The third-order valence-corrected chi connectivity index (χ3v) is 7.05. The average Bonchev–Trinajstić information content (AvgIpc) is 3.45. The van der Waals surface area contributed by atoms with Crippen LogP contribution < -0.4 is 16.0 Å². The van der Waals surface area contributed by atoms with Gasteiger partial charge < -0.3 is 0 Å². The largest absolute Gasteiger partial charge is 0.331 e. The molecule has 0 saturated heterocycles. The van der Waals surface area contributed by atoms with E-state index in [2.05, 4.69) is 4.72 Å². The van der Waals surface area contributed by atoms with Gasteiger partial charge in [0.15, 0.2) is 5.78 Å². The van der Waals surface area contributed by atoms with Crippen molar-refractivity contribution >= 4 is 26.7 Å². The van der Waals surface area contributed by atoms with E-state index in [-0.39, 0.29) is 16.1 Å². The standard InChI is InChI=1S/C21H21N3O5S/c1-21(10-11-21)22-30(28,29)15-8-9-17-16(12-15)19(26)24(20(27)23(17)2)13-18(25)14-6-4-3-5-7-14/h3-9,12,22H,10-11,13H2,1-2H3. The maximum Gasteiger partial charge on any atom is 0.331 e. The lowest BCUT2D eigenvalue weighted by atomic mass is 10.1. The van der Waals surface area contributed by atoms with Gasteiger partial charge in [0, 0.05) is 18.2 Å². The van der Waals surface area contributed by atoms with Crippen LogP contribution in [0.5, 0.6) is 0 Å². The summed E-state index contributed by atoms with van der Waals surface area (Å²) >= 11 is 0. The van der Waals surface area contributed by atoms with Crippen molar-refractivity contribution in [1.29, 1.82) is 0 Å². The lowest BCUT2D eigenvalue weighted by Crippen LogP contribution is -2.41. The highest BCUT2D eigenvalue weighted by atomic mass is 32.2. The van der Waals surface area contributed by atoms with E-state index in [9.17, 15) is 22.8 Å². The van der Waals surface area contributed by atoms with Gasteiger partial charge in [0.25, 0.3) is 5.56 Å². The summed E-state index contributed by atoms with van der Waals surface area (Å²) in [5, 5.41) is 0.0572. The van der Waals surface area contributed by atoms with Crippen molar-refractivity contribution in [3.8, 4) is 0 Å². The molecule has 1 saturated carbocycles. The molecule has 1 aliphatic carbocycles. The van der Waals surface area contributed by atoms with E-state index in [1.54, 1.807) is 30.3 Å². The second-order valence-corrected chi connectivity index (χ2v) is 9.55. The van der Waals surface area contributed by atoms with E-state index in [0.717, 1.165) is 17.4 Å². The number of hydrogen-bond donors (Lipinski definition) is 1. The molecule has 156 valence electrons. The maximum absolute atomic E-state index is 13.0. The van der Waals surface area contributed by atoms with Gasteiger partial charge in [-0.1, -0.05) is 30.3 Å². The van der Waals surface area contributed by atoms with Crippen LogP contribution in [0.25, 0.3) is 10.9 Å². The number of aromatic nitrogens is 2. The van der Waals surface area contributed by atoms with Crippen molar-refractivity contribution in [2.75, 3.05) is 0 Å². The van der Waals surface area contributed by atoms with Crippen LogP contribution >= 0.6 is 0 Å². The summed E-state index contributed by atoms with van der Waals surface area (Å²) < 4.78 is 30.1. The van der Waals surface area contributed by atoms with Gasteiger partial charge in [-0.3, -0.25) is 18.7 Å². The normalized spacial score (nSPS) is 15.3. The monoisotopic (exact) mass is 427 g/mol. The topological polar surface area (TPSA) is 107 Å². The Kier molecular flexibility index (Phi) is 4.74. The highest BCUT2D eigenvalue weighted by Gasteiger charge is 2.41. The molecule has 0 amide bonds. The third kappa shape index (κ3) is 3.61. The predicted molar refractivity (Wildman–Crippen MR) is 112 cm³/mol. The highest BCUT2D eigenvalue weighted by molar-refractivity contribution is 7.89. The first-order valence-corrected chi connectivity index (χ1v) is 11.0. The third-order valence-electron chi connectivity index (χ3n) is 5.41. The zero-order chi connectivity index (χ0) is 21.7. The van der Waals surface area contributed by atoms with Gasteiger partial charge in [-0.2, -0.15) is 0 Å². The van der Waals surface area contributed by atoms with E-state index in [0.29, 0.717) is 11.1 Å². The fraction of sp³-hybridized carbons (Fsp3) is 0.286. The van der Waals surface area contributed by atoms with Crippen LogP contribution in [-0.2, 0) is 23.6 Å². The Balaban J connectivity index is 1.81. The lowest BCUT2D eigenvalue weighted by molar-refractivity contribution is 0.0969. The summed E-state index contributed by atoms with van der Waals surface area (Å²) in [6.45, 7) is 1.39. The van der Waals surface area contributed by atoms with E-state index in [4.69, 9.17) is 0 Å². The molecule has 0 spiro atoms. The number of fused-ring (bicyclic) bond motifs is 1. The first-order valence-electron chi connectivity index (χ1n) is 9.47. The number of carbonyl (C=O) groups is 1. The molecule has 0 bridgehead atoms. The smallest absolute Gasteiger partial charge is 0.296 e. The van der Waals surface area contributed by atoms with Gasteiger partial charge in [0.1, 0.15) is 0 Å². The van der Waals surface area contributed by atoms with Crippen LogP contribution in [0.3, 0.4) is 0 Å². The van der Waals surface area contributed by atoms with E-state index in [1.807, 2.05) is 6.92 Å². The SMILES string of the molecule is Cn1c(=O)n(CC(=O)c2ccccc2)c(=O)c2cc(S(=O)(=O)NC3(C)CC3)ccc21. The van der Waals surface area contributed by atoms with Gasteiger partial charge >= 0.3 is 5.69 Å². The number of hydrogen-bond acceptors (Lipinski definition) is 5. The van der Waals surface area contributed by atoms with Crippen LogP contribution in [-0.4, -0.2) is 28.9 Å². The molecule has 0 atom stereocenters. The predicted octanol–water partition coefficient (Wildman–Crippen LogP) is 1.41. The van der Waals surface area contributed by atoms with E-state index < -0.39 is 33.4 Å². The molecule has 0 radical (unpaired) electrons. The number of nitrogens with one attached hydrogen (secondary N) is 1. The van der Waals surface area contributed by atoms with E-state index >= 15 is 0 Å². The van der Waals surface area contributed by atoms with Gasteiger partial charge in [-0.25, -0.2) is 17.9 Å². The fourth-order valence-electron chi connectivity index (χ4n) is 3.33. The molecule has 1 aliphatic rings. The van der Waals surface area contributed by atoms with Crippen molar-refractivity contribution in [1.82, 2.24) is 13.9 Å². The molecule has 0 unspecified atom stereocenters. The number of benzene rings is 2. The van der Waals surface area contributed by atoms with Gasteiger partial charge in [0.2, 0.25) is 10.0 Å². The quantitative estimate of drug-likeness (QED) is 0.599. The zero-order valence-electron chi connectivity index (χ0n) is 16.6. The van der Waals surface area contributed by atoms with Crippen molar-refractivity contribution < 1.29 is 13.2 Å². The minimum atomic E-state index is -3.82. The molecule has 1 fully saturated rings. The molecular formula is C21H21N3O5S. The first-order chi connectivity index (χ1) is 14.1. The van der Waals surface area contributed by atoms with Crippen molar-refractivity contribution in [3.05, 3.63) is 74.9 Å². The maximum atomic E-state index is 13.0. The molecular weight excluding hydrogens is 406 g/mol. The Morgan fingerprint density at radius 1 is 1.10 bits per heavy atom. The molecule has 1 N–H and O–H groups in total. The number of Topliss-reactive ketones (excluding diaryl/α,β-unsaturated/α-hetero) is 1. The summed E-state index contributed by atoms with van der Waals surface area (Å²) in [4.78, 5) is 38.2. The minimum absolute atomic E-state index is 0.0557. The number of rotatable bonds is 6. The average molecular weight is 427 g/mol. The second-order valence-electron chi connectivity index (χ2n) is 7.87. The number of nitrogens with zero attached hydrogens (tertiary/aromatic N) is 2. The van der Waals surface area contributed by atoms with Crippen LogP contribution in [0.4, 0.5) is 0 Å². The highest BCUT2D eigenvalue weighted by Crippen LogP contribution is 2.36. The Labute approximate surface area is 172 Å². The van der Waals surface area contributed by atoms with Crippen LogP contribution in [0, 0.1) is 0 Å². The lowest BCUT2D eigenvalue weighted by Gasteiger charge is -2.14. The number of ketones is 1. The summed E-state index contributed by atoms with van der Waals surface area (Å²) in [7, 11) is -2.34. The Hall–Kier alpha value is -3.04. The van der Waals surface area contributed by atoms with Crippen LogP contribution in [0.1, 0.15) is 30.1 Å². The van der Waals surface area contributed by atoms with E-state index in [1.165, 1.54) is 29.8 Å². The molecule has 8 nitrogen and oxygen atoms in total. The van der Waals surface area contributed by atoms with Gasteiger partial charge in [-0.05, 0) is 38.0 Å². The van der Waals surface area contributed by atoms with Crippen molar-refractivity contribution in [2.24, 2.45) is 7.05 Å². The van der Waals surface area contributed by atoms with Crippen LogP contribution in [0.15, 0.2) is 63.0 Å². The molecule has 9 heteroatoms. The van der Waals surface area contributed by atoms with Gasteiger partial charge in [-0.15, -0.1) is 0 Å². The van der Waals surface area contributed by atoms with Gasteiger partial charge in [0.05, 0.1) is 22.3 Å². The molecule has 30 heavy (non-hydrogen) atoms. The summed E-state index contributed by atoms with van der Waals surface area (Å²) in [6, 6.07) is 12.4. The Morgan fingerprint density at radius 3 is 2.40 bits per heavy atom. The number of carbonyl (C=O) groups excluding carboxylic acids is 1. The molecule has 0 aliphatic heterocycles.